The Bertz CT molecular complexity index is 849. The highest BCUT2D eigenvalue weighted by molar-refractivity contribution is 5.71. The number of rotatable bonds is 5. The van der Waals surface area contributed by atoms with Gasteiger partial charge in [-0.15, -0.1) is 0 Å². The Hall–Kier alpha value is -3.08. The van der Waals surface area contributed by atoms with Gasteiger partial charge in [0, 0.05) is 24.4 Å². The van der Waals surface area contributed by atoms with E-state index in [-0.39, 0.29) is 12.0 Å². The van der Waals surface area contributed by atoms with E-state index in [0.717, 1.165) is 5.56 Å². The average Bonchev–Trinajstić information content (AvgIpc) is 2.58. The van der Waals surface area contributed by atoms with E-state index in [1.807, 2.05) is 30.3 Å². The van der Waals surface area contributed by atoms with Crippen LogP contribution in [0.4, 0.5) is 4.39 Å². The number of hydrogen-bond donors (Lipinski definition) is 1. The Morgan fingerprint density at radius 2 is 1.71 bits per heavy atom. The maximum atomic E-state index is 14.0. The molecule has 24 heavy (non-hydrogen) atoms. The maximum absolute atomic E-state index is 14.0. The average molecular weight is 322 g/mol. The number of benzene rings is 2. The van der Waals surface area contributed by atoms with Gasteiger partial charge >= 0.3 is 5.97 Å². The molecule has 1 N–H and O–H groups in total. The van der Waals surface area contributed by atoms with E-state index in [1.165, 1.54) is 12.1 Å². The number of carbonyl (C=O) groups is 1. The zero-order valence-electron chi connectivity index (χ0n) is 12.8. The lowest BCUT2D eigenvalue weighted by Gasteiger charge is -2.06. The molecule has 0 aliphatic carbocycles. The highest BCUT2D eigenvalue weighted by Crippen LogP contribution is 2.21. The van der Waals surface area contributed by atoms with Crippen LogP contribution in [0.1, 0.15) is 17.0 Å². The summed E-state index contributed by atoms with van der Waals surface area (Å²) in [6, 6.07) is 14.4. The van der Waals surface area contributed by atoms with Crippen LogP contribution in [-0.2, 0) is 17.6 Å². The van der Waals surface area contributed by atoms with Crippen molar-refractivity contribution in [2.45, 2.75) is 12.8 Å². The second-order valence-electron chi connectivity index (χ2n) is 5.43. The fourth-order valence-electron chi connectivity index (χ4n) is 2.41. The van der Waals surface area contributed by atoms with Crippen molar-refractivity contribution in [1.82, 2.24) is 9.97 Å². The van der Waals surface area contributed by atoms with Crippen LogP contribution < -0.4 is 0 Å². The van der Waals surface area contributed by atoms with E-state index >= 15 is 0 Å². The lowest BCUT2D eigenvalue weighted by Crippen LogP contribution is -2.02. The number of aliphatic carboxylic acids is 1. The van der Waals surface area contributed by atoms with Gasteiger partial charge < -0.3 is 5.11 Å². The van der Waals surface area contributed by atoms with Crippen molar-refractivity contribution in [3.63, 3.8) is 0 Å². The molecule has 0 saturated heterocycles. The van der Waals surface area contributed by atoms with Crippen molar-refractivity contribution in [3.8, 4) is 11.1 Å². The van der Waals surface area contributed by atoms with Crippen LogP contribution in [0.3, 0.4) is 0 Å². The minimum absolute atomic E-state index is 0.160. The number of halogens is 1. The Kier molecular flexibility index (Phi) is 4.61. The van der Waals surface area contributed by atoms with Crippen LogP contribution in [0.25, 0.3) is 11.1 Å². The molecule has 0 radical (unpaired) electrons. The predicted octanol–water partition coefficient (Wildman–Crippen LogP) is 3.50. The molecule has 5 heteroatoms. The van der Waals surface area contributed by atoms with Crippen molar-refractivity contribution < 1.29 is 14.3 Å². The summed E-state index contributed by atoms with van der Waals surface area (Å²) in [4.78, 5) is 19.3. The zero-order valence-corrected chi connectivity index (χ0v) is 12.8. The summed E-state index contributed by atoms with van der Waals surface area (Å²) >= 11 is 0. The summed E-state index contributed by atoms with van der Waals surface area (Å²) in [6.07, 6.45) is 3.60. The van der Waals surface area contributed by atoms with Crippen molar-refractivity contribution in [2.24, 2.45) is 0 Å². The van der Waals surface area contributed by atoms with Gasteiger partial charge in [0.2, 0.25) is 0 Å². The van der Waals surface area contributed by atoms with Crippen LogP contribution in [0.2, 0.25) is 0 Å². The first-order valence-electron chi connectivity index (χ1n) is 7.47. The molecule has 120 valence electrons. The summed E-state index contributed by atoms with van der Waals surface area (Å²) in [5.41, 5.74) is 2.59. The molecule has 0 saturated carbocycles. The third-order valence-electron chi connectivity index (χ3n) is 3.64. The van der Waals surface area contributed by atoms with Crippen LogP contribution in [0.5, 0.6) is 0 Å². The number of carboxylic acid groups (broad SMARTS) is 1. The van der Waals surface area contributed by atoms with Crippen LogP contribution in [0.15, 0.2) is 60.9 Å². The van der Waals surface area contributed by atoms with Gasteiger partial charge in [-0.1, -0.05) is 42.5 Å². The normalized spacial score (nSPS) is 10.5. The third-order valence-corrected chi connectivity index (χ3v) is 3.64. The molecule has 1 aromatic heterocycles. The van der Waals surface area contributed by atoms with E-state index in [4.69, 9.17) is 5.11 Å². The fourth-order valence-corrected chi connectivity index (χ4v) is 2.41. The molecule has 4 nitrogen and oxygen atoms in total. The first-order valence-corrected chi connectivity index (χ1v) is 7.47. The molecule has 3 aromatic rings. The van der Waals surface area contributed by atoms with E-state index in [9.17, 15) is 9.18 Å². The molecule has 0 aliphatic rings. The van der Waals surface area contributed by atoms with Gasteiger partial charge in [0.1, 0.15) is 11.6 Å². The molecular weight excluding hydrogens is 307 g/mol. The number of hydrogen-bond acceptors (Lipinski definition) is 3. The number of nitrogens with zero attached hydrogens (tertiary/aromatic N) is 2. The van der Waals surface area contributed by atoms with Gasteiger partial charge in [0.05, 0.1) is 6.42 Å². The van der Waals surface area contributed by atoms with Gasteiger partial charge in [-0.3, -0.25) is 4.79 Å². The van der Waals surface area contributed by atoms with Crippen LogP contribution in [0, 0.1) is 5.82 Å². The van der Waals surface area contributed by atoms with Crippen molar-refractivity contribution in [3.05, 3.63) is 83.7 Å². The molecule has 0 aliphatic heterocycles. The molecule has 0 fully saturated rings. The third kappa shape index (κ3) is 3.81. The lowest BCUT2D eigenvalue weighted by molar-refractivity contribution is -0.136. The summed E-state index contributed by atoms with van der Waals surface area (Å²) in [6.45, 7) is 0. The summed E-state index contributed by atoms with van der Waals surface area (Å²) in [5, 5.41) is 8.74. The van der Waals surface area contributed by atoms with Crippen molar-refractivity contribution >= 4 is 5.97 Å². The van der Waals surface area contributed by atoms with Gasteiger partial charge in [-0.2, -0.15) is 0 Å². The number of carboxylic acids is 1. The zero-order chi connectivity index (χ0) is 16.9. The second-order valence-corrected chi connectivity index (χ2v) is 5.43. The minimum atomic E-state index is -1.06. The van der Waals surface area contributed by atoms with Gasteiger partial charge in [-0.05, 0) is 22.8 Å². The smallest absolute Gasteiger partial charge is 0.307 e. The first kappa shape index (κ1) is 15.8. The molecule has 1 heterocycles. The largest absolute Gasteiger partial charge is 0.481 e. The van der Waals surface area contributed by atoms with Gasteiger partial charge in [-0.25, -0.2) is 14.4 Å². The van der Waals surface area contributed by atoms with Gasteiger partial charge in [0.25, 0.3) is 0 Å². The summed E-state index contributed by atoms with van der Waals surface area (Å²) < 4.78 is 14.0. The summed E-state index contributed by atoms with van der Waals surface area (Å²) in [5.74, 6) is -0.911. The molecule has 3 rings (SSSR count). The molecule has 2 aromatic carbocycles. The molecule has 0 spiro atoms. The topological polar surface area (TPSA) is 63.1 Å². The maximum Gasteiger partial charge on any atom is 0.307 e. The Balaban J connectivity index is 1.78. The lowest BCUT2D eigenvalue weighted by atomic mass is 10.0. The monoisotopic (exact) mass is 322 g/mol. The van der Waals surface area contributed by atoms with Crippen molar-refractivity contribution in [1.29, 1.82) is 0 Å². The first-order chi connectivity index (χ1) is 11.6. The van der Waals surface area contributed by atoms with Crippen LogP contribution >= 0.6 is 0 Å². The Morgan fingerprint density at radius 3 is 2.33 bits per heavy atom. The predicted molar refractivity (Wildman–Crippen MR) is 88.0 cm³/mol. The highest BCUT2D eigenvalue weighted by Gasteiger charge is 2.09. The number of aromatic nitrogens is 2. The molecule has 0 amide bonds. The fraction of sp³-hybridized carbons (Fsp3) is 0.105. The molecule has 0 bridgehead atoms. The minimum Gasteiger partial charge on any atom is -0.481 e. The van der Waals surface area contributed by atoms with Gasteiger partial charge in [0.15, 0.2) is 0 Å². The summed E-state index contributed by atoms with van der Waals surface area (Å²) in [7, 11) is 0. The SMILES string of the molecule is O=C(O)Cc1ccc(-c2cnc(Cc3ccccc3)nc2)cc1F. The highest BCUT2D eigenvalue weighted by atomic mass is 19.1. The Morgan fingerprint density at radius 1 is 1.00 bits per heavy atom. The Labute approximate surface area is 138 Å². The van der Waals surface area contributed by atoms with E-state index in [0.29, 0.717) is 23.4 Å². The van der Waals surface area contributed by atoms with E-state index in [2.05, 4.69) is 9.97 Å². The molecule has 0 unspecified atom stereocenters. The molecule has 0 atom stereocenters. The van der Waals surface area contributed by atoms with Crippen LogP contribution in [-0.4, -0.2) is 21.0 Å². The van der Waals surface area contributed by atoms with E-state index < -0.39 is 11.8 Å². The molecular formula is C19H15FN2O2. The second kappa shape index (κ2) is 7.00. The van der Waals surface area contributed by atoms with E-state index in [1.54, 1.807) is 18.5 Å². The quantitative estimate of drug-likeness (QED) is 0.781. The standard InChI is InChI=1S/C19H15FN2O2/c20-17-9-14(6-7-15(17)10-19(23)24)16-11-21-18(22-12-16)8-13-4-2-1-3-5-13/h1-7,9,11-12H,8,10H2,(H,23,24). The van der Waals surface area contributed by atoms with Crippen molar-refractivity contribution in [2.75, 3.05) is 0 Å².